The summed E-state index contributed by atoms with van der Waals surface area (Å²) in [6, 6.07) is 14.0. The minimum atomic E-state index is -0.677. The van der Waals surface area contributed by atoms with Crippen LogP contribution in [0.4, 0.5) is 15.8 Å². The highest BCUT2D eigenvalue weighted by Gasteiger charge is 2.44. The van der Waals surface area contributed by atoms with Gasteiger partial charge in [0.15, 0.2) is 0 Å². The molecule has 0 atom stereocenters. The molecule has 0 aromatic heterocycles. The summed E-state index contributed by atoms with van der Waals surface area (Å²) >= 11 is 0. The minimum Gasteiger partial charge on any atom is -0.378 e. The van der Waals surface area contributed by atoms with Gasteiger partial charge in [-0.3, -0.25) is 9.59 Å². The fourth-order valence-corrected chi connectivity index (χ4v) is 4.95. The summed E-state index contributed by atoms with van der Waals surface area (Å²) < 4.78 is 18.9. The van der Waals surface area contributed by atoms with E-state index in [2.05, 4.69) is 10.2 Å². The van der Waals surface area contributed by atoms with E-state index in [0.29, 0.717) is 12.2 Å². The topological polar surface area (TPSA) is 61.9 Å². The van der Waals surface area contributed by atoms with E-state index < -0.39 is 5.41 Å². The number of benzene rings is 2. The maximum absolute atomic E-state index is 13.6. The quantitative estimate of drug-likeness (QED) is 0.689. The molecule has 1 aliphatic carbocycles. The smallest absolute Gasteiger partial charge is 0.243 e. The van der Waals surface area contributed by atoms with Gasteiger partial charge >= 0.3 is 0 Å². The van der Waals surface area contributed by atoms with Crippen LogP contribution < -0.4 is 10.2 Å². The molecule has 0 unspecified atom stereocenters. The molecule has 2 amide bonds. The number of nitrogens with one attached hydrogen (secondary N) is 1. The highest BCUT2D eigenvalue weighted by Crippen LogP contribution is 2.42. The first-order valence-corrected chi connectivity index (χ1v) is 11.8. The first-order chi connectivity index (χ1) is 16.0. The number of hydrogen-bond donors (Lipinski definition) is 1. The zero-order valence-electron chi connectivity index (χ0n) is 19.2. The number of carbonyl (C=O) groups is 2. The molecule has 0 spiro atoms. The molecule has 0 radical (unpaired) electrons. The lowest BCUT2D eigenvalue weighted by Crippen LogP contribution is -2.48. The van der Waals surface area contributed by atoms with E-state index in [9.17, 15) is 14.0 Å². The number of likely N-dealkylation sites (N-methyl/N-ethyl adjacent to an activating group) is 1. The van der Waals surface area contributed by atoms with Crippen molar-refractivity contribution in [2.45, 2.75) is 38.0 Å². The van der Waals surface area contributed by atoms with Crippen LogP contribution in [0.3, 0.4) is 0 Å². The van der Waals surface area contributed by atoms with E-state index in [0.717, 1.165) is 63.2 Å². The van der Waals surface area contributed by atoms with Gasteiger partial charge in [0.2, 0.25) is 11.8 Å². The molecule has 1 N–H and O–H groups in total. The Hall–Kier alpha value is -2.93. The minimum absolute atomic E-state index is 0.0104. The molecule has 2 fully saturated rings. The molecule has 7 heteroatoms. The third-order valence-corrected chi connectivity index (χ3v) is 6.79. The van der Waals surface area contributed by atoms with Crippen LogP contribution in [0.25, 0.3) is 0 Å². The molecular weight excluding hydrogens is 421 g/mol. The van der Waals surface area contributed by atoms with E-state index in [-0.39, 0.29) is 24.2 Å². The first-order valence-electron chi connectivity index (χ1n) is 11.8. The van der Waals surface area contributed by atoms with Crippen molar-refractivity contribution in [1.82, 2.24) is 4.90 Å². The number of hydrogen-bond acceptors (Lipinski definition) is 4. The largest absolute Gasteiger partial charge is 0.378 e. The van der Waals surface area contributed by atoms with E-state index in [1.807, 2.05) is 31.2 Å². The highest BCUT2D eigenvalue weighted by molar-refractivity contribution is 5.97. The summed E-state index contributed by atoms with van der Waals surface area (Å²) in [4.78, 5) is 30.3. The molecule has 2 aromatic carbocycles. The summed E-state index contributed by atoms with van der Waals surface area (Å²) in [5, 5.41) is 2.92. The van der Waals surface area contributed by atoms with Gasteiger partial charge in [0, 0.05) is 31.0 Å². The fourth-order valence-electron chi connectivity index (χ4n) is 4.95. The molecule has 33 heavy (non-hydrogen) atoms. The van der Waals surface area contributed by atoms with Crippen LogP contribution in [0, 0.1) is 5.82 Å². The molecule has 0 bridgehead atoms. The van der Waals surface area contributed by atoms with Crippen LogP contribution in [-0.2, 0) is 19.7 Å². The van der Waals surface area contributed by atoms with Gasteiger partial charge in [0.05, 0.1) is 25.2 Å². The number of morpholine rings is 1. The van der Waals surface area contributed by atoms with Crippen LogP contribution >= 0.6 is 0 Å². The lowest BCUT2D eigenvalue weighted by atomic mass is 9.77. The van der Waals surface area contributed by atoms with Crippen LogP contribution in [0.5, 0.6) is 0 Å². The van der Waals surface area contributed by atoms with Crippen molar-refractivity contribution in [1.29, 1.82) is 0 Å². The Bertz CT molecular complexity index is 950. The number of ether oxygens (including phenoxy) is 1. The van der Waals surface area contributed by atoms with E-state index in [4.69, 9.17) is 4.74 Å². The maximum atomic E-state index is 13.6. The van der Waals surface area contributed by atoms with Gasteiger partial charge < -0.3 is 19.9 Å². The van der Waals surface area contributed by atoms with E-state index in [1.54, 1.807) is 17.0 Å². The third kappa shape index (κ3) is 5.19. The van der Waals surface area contributed by atoms with E-state index in [1.165, 1.54) is 12.1 Å². The number of nitrogens with zero attached hydrogens (tertiary/aromatic N) is 2. The average Bonchev–Trinajstić information content (AvgIpc) is 3.35. The van der Waals surface area contributed by atoms with Gasteiger partial charge in [0.25, 0.3) is 0 Å². The van der Waals surface area contributed by atoms with Crippen molar-refractivity contribution < 1.29 is 18.7 Å². The van der Waals surface area contributed by atoms with Crippen LogP contribution in [-0.4, -0.2) is 56.1 Å². The Kier molecular flexibility index (Phi) is 7.28. The van der Waals surface area contributed by atoms with Crippen molar-refractivity contribution in [3.05, 3.63) is 59.9 Å². The van der Waals surface area contributed by atoms with Gasteiger partial charge in [0.1, 0.15) is 5.82 Å². The normalized spacial score (nSPS) is 17.6. The SMILES string of the molecule is CCN(CC(=O)Nc1ccc(N2CCOCC2)cc1)C(=O)C1(c2ccc(F)cc2)CCCC1. The summed E-state index contributed by atoms with van der Waals surface area (Å²) in [5.41, 5.74) is 1.96. The third-order valence-electron chi connectivity index (χ3n) is 6.79. The molecule has 1 saturated heterocycles. The predicted molar refractivity (Wildman–Crippen MR) is 127 cm³/mol. The Labute approximate surface area is 194 Å². The molecule has 176 valence electrons. The molecular formula is C26H32FN3O3. The summed E-state index contributed by atoms with van der Waals surface area (Å²) in [6.07, 6.45) is 3.34. The number of amides is 2. The van der Waals surface area contributed by atoms with Crippen LogP contribution in [0.1, 0.15) is 38.2 Å². The standard InChI is InChI=1S/C26H32FN3O3/c1-2-29(25(32)26(13-3-4-14-26)20-5-7-21(27)8-6-20)19-24(31)28-22-9-11-23(12-10-22)30-15-17-33-18-16-30/h5-12H,2-4,13-19H2,1H3,(H,28,31). The maximum Gasteiger partial charge on any atom is 0.243 e. The Balaban J connectivity index is 1.41. The molecule has 2 aliphatic rings. The zero-order chi connectivity index (χ0) is 23.3. The summed E-state index contributed by atoms with van der Waals surface area (Å²) in [6.45, 7) is 5.46. The Morgan fingerprint density at radius 1 is 1.03 bits per heavy atom. The van der Waals surface area contributed by atoms with Crippen molar-refractivity contribution in [3.8, 4) is 0 Å². The second-order valence-corrected chi connectivity index (χ2v) is 8.81. The van der Waals surface area contributed by atoms with Crippen LogP contribution in [0.15, 0.2) is 48.5 Å². The lowest BCUT2D eigenvalue weighted by Gasteiger charge is -2.34. The summed E-state index contributed by atoms with van der Waals surface area (Å²) in [7, 11) is 0. The highest BCUT2D eigenvalue weighted by atomic mass is 19.1. The predicted octanol–water partition coefficient (Wildman–Crippen LogP) is 3.96. The number of anilines is 2. The van der Waals surface area contributed by atoms with Gasteiger partial charge in [-0.05, 0) is 61.7 Å². The first kappa shape index (κ1) is 23.2. The molecule has 2 aromatic rings. The molecule has 6 nitrogen and oxygen atoms in total. The van der Waals surface area contributed by atoms with Gasteiger partial charge in [-0.15, -0.1) is 0 Å². The van der Waals surface area contributed by atoms with E-state index >= 15 is 0 Å². The monoisotopic (exact) mass is 453 g/mol. The Morgan fingerprint density at radius 2 is 1.67 bits per heavy atom. The number of carbonyl (C=O) groups excluding carboxylic acids is 2. The fraction of sp³-hybridized carbons (Fsp3) is 0.462. The lowest BCUT2D eigenvalue weighted by molar-refractivity contribution is -0.139. The Morgan fingerprint density at radius 3 is 2.27 bits per heavy atom. The summed E-state index contributed by atoms with van der Waals surface area (Å²) in [5.74, 6) is -0.589. The van der Waals surface area contributed by atoms with Gasteiger partial charge in [-0.1, -0.05) is 25.0 Å². The van der Waals surface area contributed by atoms with Gasteiger partial charge in [-0.2, -0.15) is 0 Å². The number of rotatable bonds is 7. The zero-order valence-corrected chi connectivity index (χ0v) is 19.2. The van der Waals surface area contributed by atoms with Crippen molar-refractivity contribution >= 4 is 23.2 Å². The van der Waals surface area contributed by atoms with Crippen LogP contribution in [0.2, 0.25) is 0 Å². The van der Waals surface area contributed by atoms with Crippen molar-refractivity contribution in [2.75, 3.05) is 49.6 Å². The van der Waals surface area contributed by atoms with Crippen molar-refractivity contribution in [3.63, 3.8) is 0 Å². The molecule has 4 rings (SSSR count). The van der Waals surface area contributed by atoms with Gasteiger partial charge in [-0.25, -0.2) is 4.39 Å². The van der Waals surface area contributed by atoms with Crippen molar-refractivity contribution in [2.24, 2.45) is 0 Å². The second-order valence-electron chi connectivity index (χ2n) is 8.81. The molecule has 1 heterocycles. The average molecular weight is 454 g/mol. The molecule has 1 saturated carbocycles. The molecule has 1 aliphatic heterocycles. The number of halogens is 1. The second kappa shape index (κ2) is 10.3.